The van der Waals surface area contributed by atoms with E-state index in [1.54, 1.807) is 0 Å². The van der Waals surface area contributed by atoms with Crippen molar-refractivity contribution in [3.05, 3.63) is 0 Å². The molecule has 2 rings (SSSR count). The summed E-state index contributed by atoms with van der Waals surface area (Å²) in [6.45, 7) is 2.13. The zero-order chi connectivity index (χ0) is 19.0. The highest BCUT2D eigenvalue weighted by Gasteiger charge is 2.31. The summed E-state index contributed by atoms with van der Waals surface area (Å²) in [5.41, 5.74) is 0. The van der Waals surface area contributed by atoms with Gasteiger partial charge in [0, 0.05) is 25.0 Å². The van der Waals surface area contributed by atoms with Gasteiger partial charge in [-0.15, -0.1) is 0 Å². The quantitative estimate of drug-likeness (QED) is 0.612. The van der Waals surface area contributed by atoms with Gasteiger partial charge in [0.2, 0.25) is 15.9 Å². The van der Waals surface area contributed by atoms with E-state index in [1.807, 2.05) is 11.9 Å². The first-order valence-electron chi connectivity index (χ1n) is 10.7. The van der Waals surface area contributed by atoms with Crippen LogP contribution in [0.2, 0.25) is 0 Å². The van der Waals surface area contributed by atoms with Crippen LogP contribution >= 0.6 is 0 Å². The van der Waals surface area contributed by atoms with Crippen LogP contribution in [0.4, 0.5) is 0 Å². The van der Waals surface area contributed by atoms with E-state index in [1.165, 1.54) is 19.3 Å². The fourth-order valence-electron chi connectivity index (χ4n) is 4.43. The number of carbonyl (C=O) groups excluding carboxylic acids is 1. The molecule has 2 aliphatic carbocycles. The molecule has 26 heavy (non-hydrogen) atoms. The monoisotopic (exact) mass is 386 g/mol. The van der Waals surface area contributed by atoms with Crippen LogP contribution in [0.25, 0.3) is 0 Å². The van der Waals surface area contributed by atoms with E-state index in [0.29, 0.717) is 5.91 Å². The molecule has 2 fully saturated rings. The van der Waals surface area contributed by atoms with Crippen LogP contribution in [0.15, 0.2) is 0 Å². The van der Waals surface area contributed by atoms with Crippen molar-refractivity contribution in [2.45, 2.75) is 102 Å². The molecule has 0 aromatic carbocycles. The van der Waals surface area contributed by atoms with Crippen molar-refractivity contribution in [2.75, 3.05) is 12.8 Å². The van der Waals surface area contributed by atoms with Gasteiger partial charge in [0.05, 0.1) is 5.75 Å². The van der Waals surface area contributed by atoms with Gasteiger partial charge in [-0.2, -0.15) is 0 Å². The second kappa shape index (κ2) is 10.6. The molecule has 0 atom stereocenters. The lowest BCUT2D eigenvalue weighted by Crippen LogP contribution is -2.46. The van der Waals surface area contributed by atoms with Crippen molar-refractivity contribution in [1.29, 1.82) is 0 Å². The van der Waals surface area contributed by atoms with Crippen molar-refractivity contribution in [2.24, 2.45) is 5.92 Å². The summed E-state index contributed by atoms with van der Waals surface area (Å²) < 4.78 is 27.3. The fraction of sp³-hybridized carbons (Fsp3) is 0.950. The van der Waals surface area contributed by atoms with Crippen LogP contribution in [0, 0.1) is 5.92 Å². The predicted molar refractivity (Wildman–Crippen MR) is 106 cm³/mol. The van der Waals surface area contributed by atoms with Gasteiger partial charge in [0.1, 0.15) is 0 Å². The summed E-state index contributed by atoms with van der Waals surface area (Å²) in [4.78, 5) is 14.7. The molecule has 0 saturated heterocycles. The molecule has 1 amide bonds. The molecular weight excluding hydrogens is 348 g/mol. The first-order chi connectivity index (χ1) is 12.4. The van der Waals surface area contributed by atoms with Crippen molar-refractivity contribution in [1.82, 2.24) is 9.62 Å². The van der Waals surface area contributed by atoms with Gasteiger partial charge >= 0.3 is 0 Å². The van der Waals surface area contributed by atoms with Crippen LogP contribution in [0.5, 0.6) is 0 Å². The number of carbonyl (C=O) groups is 1. The Morgan fingerprint density at radius 1 is 0.962 bits per heavy atom. The SMILES string of the molecule is CCCCCCS(=O)(=O)NC1CCC(N(C)C(=O)C2CCCCC2)CC1. The summed E-state index contributed by atoms with van der Waals surface area (Å²) in [7, 11) is -1.22. The van der Waals surface area contributed by atoms with Crippen LogP contribution in [-0.2, 0) is 14.8 Å². The Hall–Kier alpha value is -0.620. The first-order valence-corrected chi connectivity index (χ1v) is 12.3. The second-order valence-electron chi connectivity index (χ2n) is 8.29. The Kier molecular flexibility index (Phi) is 8.88. The molecule has 5 nitrogen and oxygen atoms in total. The van der Waals surface area contributed by atoms with E-state index in [2.05, 4.69) is 11.6 Å². The number of rotatable bonds is 9. The predicted octanol–water partition coefficient (Wildman–Crippen LogP) is 3.84. The summed E-state index contributed by atoms with van der Waals surface area (Å²) >= 11 is 0. The van der Waals surface area contributed by atoms with Crippen molar-refractivity contribution in [3.8, 4) is 0 Å². The lowest BCUT2D eigenvalue weighted by Gasteiger charge is -2.37. The Morgan fingerprint density at radius 3 is 2.23 bits per heavy atom. The van der Waals surface area contributed by atoms with Crippen LogP contribution < -0.4 is 4.72 Å². The molecule has 0 aromatic rings. The summed E-state index contributed by atoms with van der Waals surface area (Å²) in [5.74, 6) is 0.769. The molecule has 2 saturated carbocycles. The van der Waals surface area contributed by atoms with Crippen LogP contribution in [0.3, 0.4) is 0 Å². The molecule has 0 heterocycles. The van der Waals surface area contributed by atoms with Gasteiger partial charge in [-0.25, -0.2) is 13.1 Å². The minimum atomic E-state index is -3.16. The lowest BCUT2D eigenvalue weighted by molar-refractivity contribution is -0.138. The molecule has 0 aromatic heterocycles. The molecule has 152 valence electrons. The maximum Gasteiger partial charge on any atom is 0.225 e. The molecule has 0 bridgehead atoms. The number of hydrogen-bond acceptors (Lipinski definition) is 3. The Balaban J connectivity index is 1.73. The molecule has 0 aliphatic heterocycles. The Labute approximate surface area is 160 Å². The maximum absolute atomic E-state index is 12.7. The minimum Gasteiger partial charge on any atom is -0.343 e. The number of amides is 1. The van der Waals surface area contributed by atoms with Gasteiger partial charge in [-0.1, -0.05) is 45.4 Å². The van der Waals surface area contributed by atoms with Gasteiger partial charge < -0.3 is 4.90 Å². The standard InChI is InChI=1S/C20H38N2O3S/c1-3-4-5-9-16-26(24,25)21-18-12-14-19(15-13-18)22(2)20(23)17-10-7-6-8-11-17/h17-19,21H,3-16H2,1-2H3. The van der Waals surface area contributed by atoms with Gasteiger partial charge in [0.25, 0.3) is 0 Å². The van der Waals surface area contributed by atoms with Crippen molar-refractivity contribution < 1.29 is 13.2 Å². The summed E-state index contributed by atoms with van der Waals surface area (Å²) in [6.07, 6.45) is 13.1. The first kappa shape index (κ1) is 21.7. The lowest BCUT2D eigenvalue weighted by atomic mass is 9.86. The van der Waals surface area contributed by atoms with Crippen LogP contribution in [0.1, 0.15) is 90.4 Å². The zero-order valence-corrected chi connectivity index (χ0v) is 17.5. The molecule has 1 N–H and O–H groups in total. The van der Waals surface area contributed by atoms with Gasteiger partial charge in [-0.3, -0.25) is 4.79 Å². The molecule has 6 heteroatoms. The molecule has 2 aliphatic rings. The van der Waals surface area contributed by atoms with E-state index in [0.717, 1.165) is 64.2 Å². The fourth-order valence-corrected chi connectivity index (χ4v) is 5.88. The third-order valence-corrected chi connectivity index (χ3v) is 7.68. The van der Waals surface area contributed by atoms with Crippen molar-refractivity contribution in [3.63, 3.8) is 0 Å². The number of hydrogen-bond donors (Lipinski definition) is 1. The number of sulfonamides is 1. The normalized spacial score (nSPS) is 25.2. The largest absolute Gasteiger partial charge is 0.343 e. The maximum atomic E-state index is 12.7. The van der Waals surface area contributed by atoms with Crippen LogP contribution in [-0.4, -0.2) is 44.1 Å². The number of unbranched alkanes of at least 4 members (excludes halogenated alkanes) is 3. The second-order valence-corrected chi connectivity index (χ2v) is 10.2. The molecule has 0 radical (unpaired) electrons. The highest BCUT2D eigenvalue weighted by atomic mass is 32.2. The van der Waals surface area contributed by atoms with E-state index >= 15 is 0 Å². The van der Waals surface area contributed by atoms with Gasteiger partial charge in [0.15, 0.2) is 0 Å². The van der Waals surface area contributed by atoms with E-state index < -0.39 is 10.0 Å². The number of nitrogens with zero attached hydrogens (tertiary/aromatic N) is 1. The topological polar surface area (TPSA) is 66.5 Å². The average molecular weight is 387 g/mol. The summed E-state index contributed by atoms with van der Waals surface area (Å²) in [5, 5.41) is 0. The molecule has 0 unspecified atom stereocenters. The highest BCUT2D eigenvalue weighted by Crippen LogP contribution is 2.29. The number of nitrogens with one attached hydrogen (secondary N) is 1. The third-order valence-electron chi connectivity index (χ3n) is 6.16. The average Bonchev–Trinajstić information content (AvgIpc) is 2.65. The molecular formula is C20H38N2O3S. The van der Waals surface area contributed by atoms with E-state index in [9.17, 15) is 13.2 Å². The van der Waals surface area contributed by atoms with E-state index in [-0.39, 0.29) is 23.8 Å². The zero-order valence-electron chi connectivity index (χ0n) is 16.7. The van der Waals surface area contributed by atoms with Gasteiger partial charge in [-0.05, 0) is 44.9 Å². The Bertz CT molecular complexity index is 521. The summed E-state index contributed by atoms with van der Waals surface area (Å²) in [6, 6.07) is 0.315. The van der Waals surface area contributed by atoms with E-state index in [4.69, 9.17) is 0 Å². The minimum absolute atomic E-state index is 0.0422. The third kappa shape index (κ3) is 6.84. The van der Waals surface area contributed by atoms with Crippen molar-refractivity contribution >= 4 is 15.9 Å². The smallest absolute Gasteiger partial charge is 0.225 e. The molecule has 0 spiro atoms. The highest BCUT2D eigenvalue weighted by molar-refractivity contribution is 7.89. The Morgan fingerprint density at radius 2 is 1.62 bits per heavy atom.